The predicted octanol–water partition coefficient (Wildman–Crippen LogP) is 5.19. The summed E-state index contributed by atoms with van der Waals surface area (Å²) < 4.78 is 25.4. The van der Waals surface area contributed by atoms with Crippen LogP contribution in [-0.4, -0.2) is 13.6 Å². The van der Waals surface area contributed by atoms with Crippen LogP contribution in [0.2, 0.25) is 0 Å². The third-order valence-electron chi connectivity index (χ3n) is 12.4. The molecule has 0 aromatic heterocycles. The average Bonchev–Trinajstić information content (AvgIpc) is 3.99. The molecular formula is C60H60Cl2N2O4P2Ru. The molecule has 0 saturated heterocycles. The van der Waals surface area contributed by atoms with Gasteiger partial charge in [0.05, 0.1) is 0 Å². The molecular weight excluding hydrogens is 1050 g/mol. The summed E-state index contributed by atoms with van der Waals surface area (Å²) in [6.45, 7) is 17.9. The van der Waals surface area contributed by atoms with E-state index in [1.807, 2.05) is 60.7 Å². The number of rotatable bonds is 10. The first kappa shape index (κ1) is 55.3. The average molecular weight is 1110 g/mol. The van der Waals surface area contributed by atoms with Crippen molar-refractivity contribution in [3.05, 3.63) is 213 Å². The second-order valence-electron chi connectivity index (χ2n) is 18.3. The van der Waals surface area contributed by atoms with E-state index in [9.17, 15) is 0 Å². The summed E-state index contributed by atoms with van der Waals surface area (Å²) >= 11 is 0. The smallest absolute Gasteiger partial charge is 1.00 e. The van der Waals surface area contributed by atoms with Crippen LogP contribution in [0.15, 0.2) is 158 Å². The van der Waals surface area contributed by atoms with E-state index >= 15 is 0 Å². The van der Waals surface area contributed by atoms with Crippen LogP contribution in [0.5, 0.6) is 23.0 Å². The third kappa shape index (κ3) is 12.2. The van der Waals surface area contributed by atoms with Crippen molar-refractivity contribution in [1.82, 2.24) is 0 Å². The van der Waals surface area contributed by atoms with Gasteiger partial charge >= 0.3 is 19.5 Å². The summed E-state index contributed by atoms with van der Waals surface area (Å²) in [5.41, 5.74) is 26.5. The van der Waals surface area contributed by atoms with Gasteiger partial charge in [-0.3, -0.25) is 0 Å². The van der Waals surface area contributed by atoms with Crippen LogP contribution in [0.4, 0.5) is 0 Å². The summed E-state index contributed by atoms with van der Waals surface area (Å²) in [5.74, 6) is 3.03. The summed E-state index contributed by atoms with van der Waals surface area (Å²) in [7, 11) is -2.11. The van der Waals surface area contributed by atoms with Crippen molar-refractivity contribution in [2.24, 2.45) is 11.5 Å². The number of halogens is 2. The molecule has 366 valence electrons. The number of aryl methyl sites for hydroxylation is 8. The Morgan fingerprint density at radius 2 is 0.634 bits per heavy atom. The molecule has 2 aliphatic rings. The molecule has 2 atom stereocenters. The zero-order chi connectivity index (χ0) is 47.6. The van der Waals surface area contributed by atoms with E-state index in [0.29, 0.717) is 0 Å². The fourth-order valence-corrected chi connectivity index (χ4v) is 15.4. The molecule has 0 amide bonds. The molecule has 11 heteroatoms. The molecule has 8 aromatic rings. The van der Waals surface area contributed by atoms with E-state index in [1.165, 1.54) is 76.3 Å². The minimum atomic E-state index is -1.05. The van der Waals surface area contributed by atoms with Crippen molar-refractivity contribution in [2.45, 2.75) is 67.5 Å². The summed E-state index contributed by atoms with van der Waals surface area (Å²) in [6.07, 6.45) is 0. The Labute approximate surface area is 448 Å². The van der Waals surface area contributed by atoms with Crippen molar-refractivity contribution in [3.63, 3.8) is 0 Å². The Kier molecular flexibility index (Phi) is 18.8. The van der Waals surface area contributed by atoms with Crippen LogP contribution in [-0.2, 0) is 19.5 Å². The van der Waals surface area contributed by atoms with Crippen molar-refractivity contribution in [3.8, 4) is 34.1 Å². The van der Waals surface area contributed by atoms with Gasteiger partial charge in [-0.05, 0) is 138 Å². The molecule has 6 nitrogen and oxygen atoms in total. The molecule has 71 heavy (non-hydrogen) atoms. The Hall–Kier alpha value is -5.06. The second kappa shape index (κ2) is 24.1. The molecule has 2 aliphatic heterocycles. The maximum Gasteiger partial charge on any atom is 2.00 e. The summed E-state index contributed by atoms with van der Waals surface area (Å²) in [4.78, 5) is 0. The first-order valence-corrected chi connectivity index (χ1v) is 25.9. The SMILES string of the molecule is Cc1cc(C)cc(P(c2cc(C)cc(C)c2)c2ccc3c(c2-c2c(P(c4cc(C)cc(C)c4)c4cc(C)cc(C)c4)ccc4c2OCO4)OCO3)c1.N[C@H](c1ccccc1)[C@H](N)c1ccccc1.[Cl-].[Cl-].[Ru+2]. The molecule has 0 bridgehead atoms. The first-order chi connectivity index (χ1) is 32.8. The molecule has 8 aromatic carbocycles. The molecule has 4 N–H and O–H groups in total. The monoisotopic (exact) mass is 1110 g/mol. The first-order valence-electron chi connectivity index (χ1n) is 23.2. The quantitative estimate of drug-likeness (QED) is 0.145. The Bertz CT molecular complexity index is 2750. The van der Waals surface area contributed by atoms with Crippen molar-refractivity contribution in [2.75, 3.05) is 13.6 Å². The molecule has 10 rings (SSSR count). The molecule has 0 radical (unpaired) electrons. The van der Waals surface area contributed by atoms with Gasteiger partial charge in [-0.25, -0.2) is 0 Å². The van der Waals surface area contributed by atoms with Crippen LogP contribution in [0.3, 0.4) is 0 Å². The third-order valence-corrected chi connectivity index (χ3v) is 17.2. The predicted molar refractivity (Wildman–Crippen MR) is 286 cm³/mol. The van der Waals surface area contributed by atoms with E-state index in [1.54, 1.807) is 0 Å². The van der Waals surface area contributed by atoms with Gasteiger partial charge in [-0.1, -0.05) is 178 Å². The fourth-order valence-electron chi connectivity index (χ4n) is 9.72. The van der Waals surface area contributed by atoms with E-state index in [4.69, 9.17) is 30.4 Å². The number of benzene rings is 8. The largest absolute Gasteiger partial charge is 2.00 e. The Morgan fingerprint density at radius 1 is 0.366 bits per heavy atom. The van der Waals surface area contributed by atoms with Gasteiger partial charge in [0, 0.05) is 23.2 Å². The maximum atomic E-state index is 6.52. The van der Waals surface area contributed by atoms with Crippen molar-refractivity contribution in [1.29, 1.82) is 0 Å². The van der Waals surface area contributed by atoms with Crippen LogP contribution in [0, 0.1) is 55.4 Å². The van der Waals surface area contributed by atoms with E-state index in [0.717, 1.165) is 45.3 Å². The van der Waals surface area contributed by atoms with Crippen LogP contribution in [0.1, 0.15) is 67.7 Å². The van der Waals surface area contributed by atoms with E-state index in [2.05, 4.69) is 152 Å². The number of hydrogen-bond donors (Lipinski definition) is 2. The molecule has 0 fully saturated rings. The standard InChI is InChI=1S/C46H44O4P2.C14H16N2.2ClH.Ru/c1-27-13-28(2)18-35(17-27)51(36-19-29(3)14-30(4)20-36)41-11-9-39-45(49-25-47-39)43(41)44-42(12-10-40-46(44)50-26-48-40)52(37-21-31(5)15-32(6)22-37)38-23-33(7)16-34(8)24-38;15-13(11-7-3-1-4-8-11)14(16)12-9-5-2-6-10-12;;;/h9-24H,25-26H2,1-8H3;1-10,13-14H,15-16H2;2*1H;/q;;;;+2/p-2/t;13-,14-;;;/m.1.../s1. The van der Waals surface area contributed by atoms with Crippen LogP contribution in [0.25, 0.3) is 11.1 Å². The van der Waals surface area contributed by atoms with Crippen LogP contribution < -0.4 is 87.1 Å². The van der Waals surface area contributed by atoms with Gasteiger partial charge in [0.2, 0.25) is 13.6 Å². The molecule has 0 saturated carbocycles. The number of hydrogen-bond acceptors (Lipinski definition) is 6. The van der Waals surface area contributed by atoms with Crippen molar-refractivity contribution >= 4 is 47.7 Å². The summed E-state index contributed by atoms with van der Waals surface area (Å²) in [6, 6.07) is 56.2. The normalized spacial score (nSPS) is 12.8. The minimum Gasteiger partial charge on any atom is -1.00 e. The van der Waals surface area contributed by atoms with E-state index < -0.39 is 15.8 Å². The molecule has 2 heterocycles. The number of nitrogens with two attached hydrogens (primary N) is 2. The number of ether oxygens (including phenoxy) is 4. The second-order valence-corrected chi connectivity index (χ2v) is 22.7. The van der Waals surface area contributed by atoms with Gasteiger partial charge in [-0.15, -0.1) is 0 Å². The molecule has 0 unspecified atom stereocenters. The number of fused-ring (bicyclic) bond motifs is 2. The summed E-state index contributed by atoms with van der Waals surface area (Å²) in [5, 5.41) is 7.61. The van der Waals surface area contributed by atoms with Crippen molar-refractivity contribution < 1.29 is 63.2 Å². The van der Waals surface area contributed by atoms with Gasteiger partial charge in [0.25, 0.3) is 0 Å². The fraction of sp³-hybridized carbons (Fsp3) is 0.200. The molecule has 0 spiro atoms. The van der Waals surface area contributed by atoms with Crippen LogP contribution >= 0.6 is 15.8 Å². The molecule has 0 aliphatic carbocycles. The Balaban J connectivity index is 0.000000371. The van der Waals surface area contributed by atoms with E-state index in [-0.39, 0.29) is 70.0 Å². The zero-order valence-corrected chi connectivity index (χ0v) is 46.4. The Morgan fingerprint density at radius 3 is 0.901 bits per heavy atom. The topological polar surface area (TPSA) is 89.0 Å². The minimum absolute atomic E-state index is 0. The van der Waals surface area contributed by atoms with Gasteiger partial charge < -0.3 is 55.2 Å². The van der Waals surface area contributed by atoms with Gasteiger partial charge in [0.1, 0.15) is 0 Å². The zero-order valence-electron chi connectivity index (χ0n) is 41.4. The maximum absolute atomic E-state index is 6.52. The van der Waals surface area contributed by atoms with Gasteiger partial charge in [0.15, 0.2) is 23.0 Å². The van der Waals surface area contributed by atoms with Gasteiger partial charge in [-0.2, -0.15) is 0 Å².